The first-order chi connectivity index (χ1) is 15.0. The number of aromatic nitrogens is 4. The molecule has 0 saturated carbocycles. The molecule has 0 fully saturated rings. The van der Waals surface area contributed by atoms with Crippen LogP contribution in [0.3, 0.4) is 0 Å². The van der Waals surface area contributed by atoms with Crippen LogP contribution in [0.5, 0.6) is 0 Å². The summed E-state index contributed by atoms with van der Waals surface area (Å²) in [6.45, 7) is 0.362. The Kier molecular flexibility index (Phi) is 5.53. The number of carbonyl (C=O) groups excluding carboxylic acids is 1. The van der Waals surface area contributed by atoms with Crippen molar-refractivity contribution in [2.75, 3.05) is 6.61 Å². The van der Waals surface area contributed by atoms with Gasteiger partial charge >= 0.3 is 11.7 Å². The Labute approximate surface area is 178 Å². The average molecular weight is 418 g/mol. The Morgan fingerprint density at radius 1 is 0.935 bits per heavy atom. The predicted octanol–water partition coefficient (Wildman–Crippen LogP) is 1.89. The molecule has 0 aliphatic heterocycles. The fourth-order valence-electron chi connectivity index (χ4n) is 3.49. The molecule has 0 saturated heterocycles. The minimum atomic E-state index is -0.438. The van der Waals surface area contributed by atoms with Gasteiger partial charge in [-0.2, -0.15) is 0 Å². The SMILES string of the molecule is Cn1c(=O)c2c(ncn2CCOC(=O)Cc2ccc(-c3ccccc3)cc2)n(C)c1=O. The van der Waals surface area contributed by atoms with Crippen LogP contribution in [-0.4, -0.2) is 31.3 Å². The van der Waals surface area contributed by atoms with Crippen LogP contribution < -0.4 is 11.2 Å². The summed E-state index contributed by atoms with van der Waals surface area (Å²) in [5.74, 6) is -0.350. The highest BCUT2D eigenvalue weighted by atomic mass is 16.5. The molecule has 0 radical (unpaired) electrons. The first-order valence-corrected chi connectivity index (χ1v) is 9.86. The number of carbonyl (C=O) groups is 1. The van der Waals surface area contributed by atoms with Crippen LogP contribution in [0.2, 0.25) is 0 Å². The van der Waals surface area contributed by atoms with Crippen molar-refractivity contribution in [2.45, 2.75) is 13.0 Å². The zero-order valence-corrected chi connectivity index (χ0v) is 17.3. The minimum Gasteiger partial charge on any atom is -0.464 e. The van der Waals surface area contributed by atoms with Crippen LogP contribution in [0.1, 0.15) is 5.56 Å². The standard InChI is InChI=1S/C23H22N4O4/c1-25-21-20(22(29)26(2)23(25)30)27(15-24-21)12-13-31-19(28)14-16-8-10-18(11-9-16)17-6-4-3-5-7-17/h3-11,15H,12-14H2,1-2H3. The molecule has 0 amide bonds. The van der Waals surface area contributed by atoms with Gasteiger partial charge < -0.3 is 9.30 Å². The van der Waals surface area contributed by atoms with E-state index in [1.165, 1.54) is 17.9 Å². The van der Waals surface area contributed by atoms with Gasteiger partial charge in [0.1, 0.15) is 6.61 Å². The Morgan fingerprint density at radius 2 is 1.61 bits per heavy atom. The molecule has 0 spiro atoms. The molecule has 0 unspecified atom stereocenters. The van der Waals surface area contributed by atoms with Crippen LogP contribution in [0.25, 0.3) is 22.3 Å². The highest BCUT2D eigenvalue weighted by Crippen LogP contribution is 2.19. The van der Waals surface area contributed by atoms with Crippen molar-refractivity contribution >= 4 is 17.1 Å². The van der Waals surface area contributed by atoms with E-state index in [-0.39, 0.29) is 25.5 Å². The van der Waals surface area contributed by atoms with E-state index in [0.717, 1.165) is 21.3 Å². The molecule has 0 N–H and O–H groups in total. The molecule has 8 nitrogen and oxygen atoms in total. The molecule has 0 atom stereocenters. The van der Waals surface area contributed by atoms with Gasteiger partial charge in [0.05, 0.1) is 19.3 Å². The minimum absolute atomic E-state index is 0.0956. The molecule has 4 rings (SSSR count). The summed E-state index contributed by atoms with van der Waals surface area (Å²) in [6.07, 6.45) is 1.64. The summed E-state index contributed by atoms with van der Waals surface area (Å²) < 4.78 is 9.29. The summed E-state index contributed by atoms with van der Waals surface area (Å²) in [4.78, 5) is 40.8. The number of hydrogen-bond acceptors (Lipinski definition) is 5. The topological polar surface area (TPSA) is 88.1 Å². The first kappa shape index (κ1) is 20.3. The van der Waals surface area contributed by atoms with Gasteiger partial charge in [0.25, 0.3) is 5.56 Å². The summed E-state index contributed by atoms with van der Waals surface area (Å²) >= 11 is 0. The van der Waals surface area contributed by atoms with Crippen molar-refractivity contribution in [1.82, 2.24) is 18.7 Å². The number of rotatable bonds is 6. The number of hydrogen-bond donors (Lipinski definition) is 0. The summed E-state index contributed by atoms with van der Waals surface area (Å²) in [7, 11) is 2.98. The molecule has 2 aromatic carbocycles. The summed E-state index contributed by atoms with van der Waals surface area (Å²) in [6, 6.07) is 17.8. The lowest BCUT2D eigenvalue weighted by atomic mass is 10.0. The molecule has 0 aliphatic rings. The van der Waals surface area contributed by atoms with E-state index in [2.05, 4.69) is 4.98 Å². The quantitative estimate of drug-likeness (QED) is 0.446. The molecule has 4 aromatic rings. The monoisotopic (exact) mass is 418 g/mol. The van der Waals surface area contributed by atoms with Gasteiger partial charge in [0.2, 0.25) is 0 Å². The van der Waals surface area contributed by atoms with Crippen molar-refractivity contribution in [3.8, 4) is 11.1 Å². The van der Waals surface area contributed by atoms with Crippen LogP contribution in [-0.2, 0) is 36.6 Å². The number of nitrogens with zero attached hydrogens (tertiary/aromatic N) is 4. The Morgan fingerprint density at radius 3 is 2.32 bits per heavy atom. The van der Waals surface area contributed by atoms with E-state index in [1.54, 1.807) is 11.6 Å². The third-order valence-electron chi connectivity index (χ3n) is 5.22. The largest absolute Gasteiger partial charge is 0.464 e. The lowest BCUT2D eigenvalue weighted by molar-refractivity contribution is -0.143. The van der Waals surface area contributed by atoms with Gasteiger partial charge in [0.15, 0.2) is 11.2 Å². The van der Waals surface area contributed by atoms with E-state index in [9.17, 15) is 14.4 Å². The number of ether oxygens (including phenoxy) is 1. The molecular weight excluding hydrogens is 396 g/mol. The Balaban J connectivity index is 1.38. The lowest BCUT2D eigenvalue weighted by Crippen LogP contribution is -2.37. The fraction of sp³-hybridized carbons (Fsp3) is 0.217. The molecule has 0 bridgehead atoms. The highest BCUT2D eigenvalue weighted by Gasteiger charge is 2.14. The lowest BCUT2D eigenvalue weighted by Gasteiger charge is -2.08. The van der Waals surface area contributed by atoms with E-state index < -0.39 is 11.2 Å². The van der Waals surface area contributed by atoms with Gasteiger partial charge in [0, 0.05) is 14.1 Å². The predicted molar refractivity (Wildman–Crippen MR) is 117 cm³/mol. The number of aryl methyl sites for hydroxylation is 1. The van der Waals surface area contributed by atoms with Crippen LogP contribution in [0.15, 0.2) is 70.5 Å². The maximum Gasteiger partial charge on any atom is 0.332 e. The van der Waals surface area contributed by atoms with Crippen molar-refractivity contribution in [2.24, 2.45) is 14.1 Å². The zero-order chi connectivity index (χ0) is 22.0. The van der Waals surface area contributed by atoms with E-state index in [1.807, 2.05) is 54.6 Å². The van der Waals surface area contributed by atoms with Crippen LogP contribution >= 0.6 is 0 Å². The highest BCUT2D eigenvalue weighted by molar-refractivity contribution is 5.73. The third kappa shape index (κ3) is 4.05. The van der Waals surface area contributed by atoms with Crippen molar-refractivity contribution in [1.29, 1.82) is 0 Å². The molecule has 8 heteroatoms. The van der Waals surface area contributed by atoms with E-state index in [0.29, 0.717) is 11.2 Å². The zero-order valence-electron chi connectivity index (χ0n) is 17.3. The van der Waals surface area contributed by atoms with Crippen molar-refractivity contribution in [3.63, 3.8) is 0 Å². The van der Waals surface area contributed by atoms with Crippen LogP contribution in [0.4, 0.5) is 0 Å². The molecule has 158 valence electrons. The van der Waals surface area contributed by atoms with Gasteiger partial charge in [-0.1, -0.05) is 54.6 Å². The average Bonchev–Trinajstić information content (AvgIpc) is 3.21. The van der Waals surface area contributed by atoms with E-state index >= 15 is 0 Å². The van der Waals surface area contributed by atoms with Crippen LogP contribution in [0, 0.1) is 0 Å². The van der Waals surface area contributed by atoms with Crippen molar-refractivity contribution in [3.05, 3.63) is 87.3 Å². The van der Waals surface area contributed by atoms with Gasteiger partial charge in [-0.05, 0) is 16.7 Å². The number of benzene rings is 2. The first-order valence-electron chi connectivity index (χ1n) is 9.86. The normalized spacial score (nSPS) is 11.0. The number of imidazole rings is 1. The number of esters is 1. The second kappa shape index (κ2) is 8.43. The molecule has 2 aromatic heterocycles. The second-order valence-electron chi connectivity index (χ2n) is 7.28. The maximum absolute atomic E-state index is 12.4. The van der Waals surface area contributed by atoms with Gasteiger partial charge in [-0.3, -0.25) is 18.7 Å². The third-order valence-corrected chi connectivity index (χ3v) is 5.22. The Bertz CT molecular complexity index is 1350. The maximum atomic E-state index is 12.4. The molecular formula is C23H22N4O4. The smallest absolute Gasteiger partial charge is 0.332 e. The second-order valence-corrected chi connectivity index (χ2v) is 7.28. The van der Waals surface area contributed by atoms with Gasteiger partial charge in [-0.15, -0.1) is 0 Å². The summed E-state index contributed by atoms with van der Waals surface area (Å²) in [5, 5.41) is 0. The molecule has 2 heterocycles. The number of fused-ring (bicyclic) bond motifs is 1. The summed E-state index contributed by atoms with van der Waals surface area (Å²) in [5.41, 5.74) is 2.80. The fourth-order valence-corrected chi connectivity index (χ4v) is 3.49. The Hall–Kier alpha value is -3.94. The van der Waals surface area contributed by atoms with Gasteiger partial charge in [-0.25, -0.2) is 9.78 Å². The molecule has 31 heavy (non-hydrogen) atoms. The van der Waals surface area contributed by atoms with Crippen molar-refractivity contribution < 1.29 is 9.53 Å². The van der Waals surface area contributed by atoms with E-state index in [4.69, 9.17) is 4.74 Å². The molecule has 0 aliphatic carbocycles.